The number of aromatic nitrogens is 3. The number of thiazole rings is 1. The van der Waals surface area contributed by atoms with Gasteiger partial charge in [-0.05, 0) is 71.6 Å². The molecule has 0 saturated heterocycles. The Hall–Kier alpha value is -4.58. The molecule has 0 aliphatic rings. The summed E-state index contributed by atoms with van der Waals surface area (Å²) in [5.41, 5.74) is 8.91. The lowest BCUT2D eigenvalue weighted by molar-refractivity contribution is 1.18. The van der Waals surface area contributed by atoms with Crippen LogP contribution in [-0.4, -0.2) is 14.5 Å². The number of rotatable bonds is 4. The fourth-order valence-electron chi connectivity index (χ4n) is 5.38. The number of hydrogen-bond acceptors (Lipinski definition) is 4. The van der Waals surface area contributed by atoms with Gasteiger partial charge in [-0.25, -0.2) is 4.98 Å². The molecule has 0 aliphatic carbocycles. The maximum absolute atomic E-state index is 4.95. The van der Waals surface area contributed by atoms with Crippen molar-refractivity contribution in [2.45, 2.75) is 0 Å². The molecular formula is C34H21N3S2. The van der Waals surface area contributed by atoms with Crippen molar-refractivity contribution in [2.75, 3.05) is 0 Å². The van der Waals surface area contributed by atoms with Gasteiger partial charge in [0.2, 0.25) is 0 Å². The normalized spacial score (nSPS) is 11.6. The summed E-state index contributed by atoms with van der Waals surface area (Å²) >= 11 is 3.50. The van der Waals surface area contributed by atoms with Gasteiger partial charge in [-0.2, -0.15) is 0 Å². The van der Waals surface area contributed by atoms with Crippen molar-refractivity contribution >= 4 is 54.7 Å². The highest BCUT2D eigenvalue weighted by molar-refractivity contribution is 7.21. The minimum absolute atomic E-state index is 0.966. The quantitative estimate of drug-likeness (QED) is 0.224. The monoisotopic (exact) mass is 535 g/mol. The average Bonchev–Trinajstić information content (AvgIpc) is 3.75. The molecule has 0 bridgehead atoms. The van der Waals surface area contributed by atoms with Crippen LogP contribution in [0.2, 0.25) is 0 Å². The Balaban J connectivity index is 1.41. The summed E-state index contributed by atoms with van der Waals surface area (Å²) in [5.74, 6) is 0. The topological polar surface area (TPSA) is 30.7 Å². The Morgan fingerprint density at radius 2 is 1.46 bits per heavy atom. The summed E-state index contributed by atoms with van der Waals surface area (Å²) in [4.78, 5) is 10.9. The molecule has 3 nitrogen and oxygen atoms in total. The largest absolute Gasteiger partial charge is 0.309 e. The van der Waals surface area contributed by atoms with E-state index in [0.29, 0.717) is 0 Å². The third-order valence-corrected chi connectivity index (χ3v) is 9.16. The van der Waals surface area contributed by atoms with Gasteiger partial charge in [0, 0.05) is 38.7 Å². The molecule has 4 aromatic heterocycles. The van der Waals surface area contributed by atoms with Crippen molar-refractivity contribution in [3.63, 3.8) is 0 Å². The van der Waals surface area contributed by atoms with Gasteiger partial charge in [-0.15, -0.1) is 22.7 Å². The highest BCUT2D eigenvalue weighted by Crippen LogP contribution is 2.39. The molecule has 0 amide bonds. The third-order valence-electron chi connectivity index (χ3n) is 7.16. The first kappa shape index (κ1) is 22.4. The van der Waals surface area contributed by atoms with Gasteiger partial charge in [-0.3, -0.25) is 4.98 Å². The molecule has 0 atom stereocenters. The summed E-state index contributed by atoms with van der Waals surface area (Å²) in [6.45, 7) is 0. The zero-order valence-corrected chi connectivity index (χ0v) is 22.4. The lowest BCUT2D eigenvalue weighted by Crippen LogP contribution is -1.96. The molecule has 8 rings (SSSR count). The van der Waals surface area contributed by atoms with E-state index in [4.69, 9.17) is 4.98 Å². The molecule has 184 valence electrons. The van der Waals surface area contributed by atoms with Crippen LogP contribution in [0.15, 0.2) is 127 Å². The van der Waals surface area contributed by atoms with Crippen LogP contribution in [-0.2, 0) is 0 Å². The van der Waals surface area contributed by atoms with Gasteiger partial charge in [0.05, 0.1) is 26.9 Å². The SMILES string of the molecule is c1ccc(-c2cc(-c3cccs3)cc(-n3c4ccccc4c4ccc(-c5nc6ccccc6s5)cc43)c2)nc1. The van der Waals surface area contributed by atoms with E-state index in [9.17, 15) is 0 Å². The number of para-hydroxylation sites is 2. The summed E-state index contributed by atoms with van der Waals surface area (Å²) in [5, 5.41) is 5.64. The number of pyridine rings is 1. The van der Waals surface area contributed by atoms with E-state index >= 15 is 0 Å². The van der Waals surface area contributed by atoms with Crippen molar-refractivity contribution in [1.29, 1.82) is 0 Å². The van der Waals surface area contributed by atoms with Crippen molar-refractivity contribution < 1.29 is 0 Å². The van der Waals surface area contributed by atoms with Crippen LogP contribution >= 0.6 is 22.7 Å². The van der Waals surface area contributed by atoms with E-state index in [2.05, 4.69) is 112 Å². The predicted molar refractivity (Wildman–Crippen MR) is 166 cm³/mol. The predicted octanol–water partition coefficient (Wildman–Crippen LogP) is 9.85. The second kappa shape index (κ2) is 9.02. The number of thiophene rings is 1. The molecule has 0 radical (unpaired) electrons. The molecule has 4 heterocycles. The van der Waals surface area contributed by atoms with Gasteiger partial charge >= 0.3 is 0 Å². The van der Waals surface area contributed by atoms with E-state index in [1.807, 2.05) is 24.4 Å². The minimum atomic E-state index is 0.966. The molecule has 8 aromatic rings. The van der Waals surface area contributed by atoms with Crippen LogP contribution in [0.4, 0.5) is 0 Å². The van der Waals surface area contributed by atoms with Crippen LogP contribution in [0.5, 0.6) is 0 Å². The highest BCUT2D eigenvalue weighted by Gasteiger charge is 2.16. The first-order valence-corrected chi connectivity index (χ1v) is 14.5. The van der Waals surface area contributed by atoms with Crippen molar-refractivity contribution in [1.82, 2.24) is 14.5 Å². The van der Waals surface area contributed by atoms with E-state index in [1.54, 1.807) is 22.7 Å². The van der Waals surface area contributed by atoms with Gasteiger partial charge < -0.3 is 4.57 Å². The van der Waals surface area contributed by atoms with E-state index in [1.165, 1.54) is 36.9 Å². The number of fused-ring (bicyclic) bond motifs is 4. The molecule has 4 aromatic carbocycles. The first-order chi connectivity index (χ1) is 19.3. The lowest BCUT2D eigenvalue weighted by Gasteiger charge is -2.13. The Labute approximate surface area is 233 Å². The summed E-state index contributed by atoms with van der Waals surface area (Å²) in [7, 11) is 0. The number of nitrogens with zero attached hydrogens (tertiary/aromatic N) is 3. The van der Waals surface area contributed by atoms with Crippen LogP contribution < -0.4 is 0 Å². The third kappa shape index (κ3) is 3.78. The molecule has 39 heavy (non-hydrogen) atoms. The molecule has 0 fully saturated rings. The Bertz CT molecular complexity index is 2090. The molecule has 0 aliphatic heterocycles. The Morgan fingerprint density at radius 1 is 0.615 bits per heavy atom. The van der Waals surface area contributed by atoms with Crippen LogP contribution in [0.3, 0.4) is 0 Å². The van der Waals surface area contributed by atoms with Crippen LogP contribution in [0.1, 0.15) is 0 Å². The molecule has 0 saturated carbocycles. The van der Waals surface area contributed by atoms with Gasteiger partial charge in [0.1, 0.15) is 5.01 Å². The van der Waals surface area contributed by atoms with Gasteiger partial charge in [0.25, 0.3) is 0 Å². The average molecular weight is 536 g/mol. The van der Waals surface area contributed by atoms with Crippen LogP contribution in [0, 0.1) is 0 Å². The zero-order chi connectivity index (χ0) is 25.8. The smallest absolute Gasteiger partial charge is 0.124 e. The second-order valence-corrected chi connectivity index (χ2v) is 11.5. The van der Waals surface area contributed by atoms with E-state index in [0.717, 1.165) is 33.0 Å². The number of benzene rings is 4. The van der Waals surface area contributed by atoms with Crippen molar-refractivity contribution in [2.24, 2.45) is 0 Å². The van der Waals surface area contributed by atoms with E-state index in [-0.39, 0.29) is 0 Å². The van der Waals surface area contributed by atoms with E-state index < -0.39 is 0 Å². The maximum Gasteiger partial charge on any atom is 0.124 e. The van der Waals surface area contributed by atoms with Gasteiger partial charge in [0.15, 0.2) is 0 Å². The minimum Gasteiger partial charge on any atom is -0.309 e. The van der Waals surface area contributed by atoms with Crippen molar-refractivity contribution in [3.05, 3.63) is 127 Å². The fourth-order valence-corrected chi connectivity index (χ4v) is 7.06. The number of hydrogen-bond donors (Lipinski definition) is 0. The summed E-state index contributed by atoms with van der Waals surface area (Å²) in [6, 6.07) is 41.0. The summed E-state index contributed by atoms with van der Waals surface area (Å²) < 4.78 is 3.60. The van der Waals surface area contributed by atoms with Crippen LogP contribution in [0.25, 0.3) is 70.0 Å². The second-order valence-electron chi connectivity index (χ2n) is 9.53. The molecule has 5 heteroatoms. The molecule has 0 spiro atoms. The fraction of sp³-hybridized carbons (Fsp3) is 0. The maximum atomic E-state index is 4.95. The Kier molecular flexibility index (Phi) is 5.18. The molecular weight excluding hydrogens is 515 g/mol. The Morgan fingerprint density at radius 3 is 2.33 bits per heavy atom. The first-order valence-electron chi connectivity index (χ1n) is 12.8. The van der Waals surface area contributed by atoms with Gasteiger partial charge in [-0.1, -0.05) is 54.6 Å². The zero-order valence-electron chi connectivity index (χ0n) is 20.8. The standard InChI is InChI=1S/C34H21N3S2/c1-3-11-30-26(8-1)27-15-14-22(34-36-29-10-2-4-12-33(29)39-34)21-31(27)37(30)25-19-23(28-9-5-6-16-35-28)18-24(20-25)32-13-7-17-38-32/h1-21H. The lowest BCUT2D eigenvalue weighted by atomic mass is 10.0. The molecule has 0 N–H and O–H groups in total. The highest BCUT2D eigenvalue weighted by atomic mass is 32.1. The molecule has 0 unspecified atom stereocenters. The summed E-state index contributed by atoms with van der Waals surface area (Å²) in [6.07, 6.45) is 1.86. The van der Waals surface area contributed by atoms with Crippen molar-refractivity contribution in [3.8, 4) is 38.0 Å².